The first kappa shape index (κ1) is 13.9. The third-order valence-corrected chi connectivity index (χ3v) is 2.58. The second-order valence-corrected chi connectivity index (χ2v) is 4.44. The van der Waals surface area contributed by atoms with Crippen molar-refractivity contribution in [3.05, 3.63) is 42.0 Å². The summed E-state index contributed by atoms with van der Waals surface area (Å²) in [5, 5.41) is 5.84. The van der Waals surface area contributed by atoms with Crippen molar-refractivity contribution < 1.29 is 4.79 Å². The molecule has 104 valence electrons. The highest BCUT2D eigenvalue weighted by molar-refractivity contribution is 5.90. The zero-order valence-electron chi connectivity index (χ0n) is 11.6. The Morgan fingerprint density at radius 1 is 1.15 bits per heavy atom. The predicted molar refractivity (Wildman–Crippen MR) is 77.5 cm³/mol. The molecule has 0 aliphatic carbocycles. The van der Waals surface area contributed by atoms with Crippen LogP contribution in [0.4, 0.5) is 11.6 Å². The van der Waals surface area contributed by atoms with Crippen LogP contribution in [0.1, 0.15) is 17.8 Å². The van der Waals surface area contributed by atoms with E-state index < -0.39 is 0 Å². The molecule has 0 bridgehead atoms. The van der Waals surface area contributed by atoms with Gasteiger partial charge in [-0.15, -0.1) is 0 Å². The summed E-state index contributed by atoms with van der Waals surface area (Å²) in [7, 11) is 0. The number of hydrogen-bond acceptors (Lipinski definition) is 5. The Hall–Kier alpha value is -2.50. The zero-order chi connectivity index (χ0) is 14.4. The molecule has 0 aliphatic rings. The highest BCUT2D eigenvalue weighted by Crippen LogP contribution is 2.05. The van der Waals surface area contributed by atoms with Crippen LogP contribution in [-0.2, 0) is 4.79 Å². The molecule has 0 fully saturated rings. The predicted octanol–water partition coefficient (Wildman–Crippen LogP) is 1.93. The number of nitrogens with one attached hydrogen (secondary N) is 2. The average Bonchev–Trinajstić information content (AvgIpc) is 2.38. The number of aryl methyl sites for hydroxylation is 2. The van der Waals surface area contributed by atoms with Gasteiger partial charge in [-0.2, -0.15) is 0 Å². The number of anilines is 2. The maximum atomic E-state index is 11.7. The first-order chi connectivity index (χ1) is 9.63. The number of nitrogens with zero attached hydrogens (tertiary/aromatic N) is 3. The number of aromatic nitrogens is 3. The van der Waals surface area contributed by atoms with E-state index in [4.69, 9.17) is 0 Å². The van der Waals surface area contributed by atoms with Crippen LogP contribution in [0, 0.1) is 13.8 Å². The lowest BCUT2D eigenvalue weighted by atomic mass is 10.3. The van der Waals surface area contributed by atoms with Crippen LogP contribution in [0.5, 0.6) is 0 Å². The molecule has 20 heavy (non-hydrogen) atoms. The average molecular weight is 271 g/mol. The van der Waals surface area contributed by atoms with Crippen LogP contribution in [-0.4, -0.2) is 27.4 Å². The second kappa shape index (κ2) is 6.60. The SMILES string of the molecule is Cc1cc(C)nc(NCCC(=O)Nc2ccncc2)n1. The van der Waals surface area contributed by atoms with E-state index in [1.54, 1.807) is 24.5 Å². The van der Waals surface area contributed by atoms with Gasteiger partial charge in [0.05, 0.1) is 0 Å². The Kier molecular flexibility index (Phi) is 4.60. The van der Waals surface area contributed by atoms with Gasteiger partial charge in [0.15, 0.2) is 0 Å². The minimum atomic E-state index is -0.0620. The smallest absolute Gasteiger partial charge is 0.226 e. The lowest BCUT2D eigenvalue weighted by Crippen LogP contribution is -2.17. The van der Waals surface area contributed by atoms with E-state index in [2.05, 4.69) is 25.6 Å². The zero-order valence-corrected chi connectivity index (χ0v) is 11.6. The third kappa shape index (κ3) is 4.31. The molecule has 2 aromatic heterocycles. The Morgan fingerprint density at radius 3 is 2.45 bits per heavy atom. The van der Waals surface area contributed by atoms with E-state index in [1.165, 1.54) is 0 Å². The molecule has 1 amide bonds. The second-order valence-electron chi connectivity index (χ2n) is 4.44. The number of carbonyl (C=O) groups is 1. The molecule has 0 atom stereocenters. The van der Waals surface area contributed by atoms with Gasteiger partial charge in [0, 0.05) is 42.4 Å². The van der Waals surface area contributed by atoms with Gasteiger partial charge in [0.25, 0.3) is 0 Å². The summed E-state index contributed by atoms with van der Waals surface area (Å²) < 4.78 is 0. The van der Waals surface area contributed by atoms with Gasteiger partial charge in [-0.1, -0.05) is 0 Å². The molecule has 2 aromatic rings. The topological polar surface area (TPSA) is 79.8 Å². The van der Waals surface area contributed by atoms with Crippen LogP contribution >= 0.6 is 0 Å². The third-order valence-electron chi connectivity index (χ3n) is 2.58. The number of amides is 1. The molecule has 2 rings (SSSR count). The minimum absolute atomic E-state index is 0.0620. The molecule has 0 radical (unpaired) electrons. The molecule has 0 spiro atoms. The molecular formula is C14H17N5O. The molecule has 6 heteroatoms. The lowest BCUT2D eigenvalue weighted by molar-refractivity contribution is -0.115. The van der Waals surface area contributed by atoms with Crippen LogP contribution in [0.15, 0.2) is 30.6 Å². The van der Waals surface area contributed by atoms with Gasteiger partial charge < -0.3 is 10.6 Å². The van der Waals surface area contributed by atoms with Crippen LogP contribution in [0.3, 0.4) is 0 Å². The number of rotatable bonds is 5. The van der Waals surface area contributed by atoms with E-state index in [-0.39, 0.29) is 5.91 Å². The van der Waals surface area contributed by atoms with Crippen molar-refractivity contribution >= 4 is 17.5 Å². The quantitative estimate of drug-likeness (QED) is 0.868. The Balaban J connectivity index is 1.79. The summed E-state index contributed by atoms with van der Waals surface area (Å²) in [6.07, 6.45) is 3.62. The molecule has 0 aliphatic heterocycles. The van der Waals surface area contributed by atoms with Gasteiger partial charge in [-0.3, -0.25) is 9.78 Å². The summed E-state index contributed by atoms with van der Waals surface area (Å²) in [5.74, 6) is 0.493. The highest BCUT2D eigenvalue weighted by Gasteiger charge is 2.03. The van der Waals surface area contributed by atoms with Gasteiger partial charge in [0.1, 0.15) is 0 Å². The standard InChI is InChI=1S/C14H17N5O/c1-10-9-11(2)18-14(17-10)16-8-5-13(20)19-12-3-6-15-7-4-12/h3-4,6-7,9H,5,8H2,1-2H3,(H,15,19,20)(H,16,17,18). The molecule has 0 saturated carbocycles. The van der Waals surface area contributed by atoms with Gasteiger partial charge >= 0.3 is 0 Å². The van der Waals surface area contributed by atoms with E-state index in [0.29, 0.717) is 18.9 Å². The number of hydrogen-bond donors (Lipinski definition) is 2. The van der Waals surface area contributed by atoms with E-state index in [1.807, 2.05) is 19.9 Å². The van der Waals surface area contributed by atoms with Crippen LogP contribution < -0.4 is 10.6 Å². The molecule has 2 N–H and O–H groups in total. The number of carbonyl (C=O) groups excluding carboxylic acids is 1. The van der Waals surface area contributed by atoms with Gasteiger partial charge in [-0.25, -0.2) is 9.97 Å². The first-order valence-corrected chi connectivity index (χ1v) is 6.39. The van der Waals surface area contributed by atoms with E-state index >= 15 is 0 Å². The van der Waals surface area contributed by atoms with Crippen molar-refractivity contribution in [3.8, 4) is 0 Å². The molecule has 0 aromatic carbocycles. The molecular weight excluding hydrogens is 254 g/mol. The summed E-state index contributed by atoms with van der Waals surface area (Å²) in [4.78, 5) is 24.1. The van der Waals surface area contributed by atoms with E-state index in [0.717, 1.165) is 17.1 Å². The summed E-state index contributed by atoms with van der Waals surface area (Å²) in [6, 6.07) is 5.40. The number of pyridine rings is 1. The molecule has 0 saturated heterocycles. The van der Waals surface area contributed by atoms with Crippen LogP contribution in [0.25, 0.3) is 0 Å². The fourth-order valence-corrected chi connectivity index (χ4v) is 1.75. The largest absolute Gasteiger partial charge is 0.354 e. The van der Waals surface area contributed by atoms with Gasteiger partial charge in [0.2, 0.25) is 11.9 Å². The highest BCUT2D eigenvalue weighted by atomic mass is 16.1. The van der Waals surface area contributed by atoms with Crippen molar-refractivity contribution in [1.82, 2.24) is 15.0 Å². The van der Waals surface area contributed by atoms with Crippen molar-refractivity contribution in [2.75, 3.05) is 17.2 Å². The Morgan fingerprint density at radius 2 is 1.80 bits per heavy atom. The maximum Gasteiger partial charge on any atom is 0.226 e. The van der Waals surface area contributed by atoms with Gasteiger partial charge in [-0.05, 0) is 32.0 Å². The summed E-state index contributed by atoms with van der Waals surface area (Å²) in [5.41, 5.74) is 2.55. The molecule has 0 unspecified atom stereocenters. The van der Waals surface area contributed by atoms with E-state index in [9.17, 15) is 4.79 Å². The fraction of sp³-hybridized carbons (Fsp3) is 0.286. The van der Waals surface area contributed by atoms with Crippen molar-refractivity contribution in [1.29, 1.82) is 0 Å². The Bertz CT molecular complexity index is 565. The molecule has 6 nitrogen and oxygen atoms in total. The van der Waals surface area contributed by atoms with Crippen molar-refractivity contribution in [2.24, 2.45) is 0 Å². The molecule has 2 heterocycles. The van der Waals surface area contributed by atoms with Crippen LogP contribution in [0.2, 0.25) is 0 Å². The Labute approximate surface area is 117 Å². The fourth-order valence-electron chi connectivity index (χ4n) is 1.75. The monoisotopic (exact) mass is 271 g/mol. The summed E-state index contributed by atoms with van der Waals surface area (Å²) >= 11 is 0. The summed E-state index contributed by atoms with van der Waals surface area (Å²) in [6.45, 7) is 4.31. The first-order valence-electron chi connectivity index (χ1n) is 6.39. The normalized spacial score (nSPS) is 10.1. The van der Waals surface area contributed by atoms with Crippen molar-refractivity contribution in [3.63, 3.8) is 0 Å². The van der Waals surface area contributed by atoms with Crippen molar-refractivity contribution in [2.45, 2.75) is 20.3 Å². The minimum Gasteiger partial charge on any atom is -0.354 e. The lowest BCUT2D eigenvalue weighted by Gasteiger charge is -2.07. The maximum absolute atomic E-state index is 11.7.